The molecule has 8 heteroatoms. The minimum Gasteiger partial charge on any atom is -0.493 e. The van der Waals surface area contributed by atoms with E-state index in [1.165, 1.54) is 12.1 Å². The van der Waals surface area contributed by atoms with Gasteiger partial charge in [0, 0.05) is 29.8 Å². The first kappa shape index (κ1) is 23.4. The van der Waals surface area contributed by atoms with Gasteiger partial charge in [-0.3, -0.25) is 14.9 Å². The van der Waals surface area contributed by atoms with Crippen molar-refractivity contribution in [3.63, 3.8) is 0 Å². The fourth-order valence-corrected chi connectivity index (χ4v) is 4.98. The molecular weight excluding hydrogens is 458 g/mol. The van der Waals surface area contributed by atoms with Crippen molar-refractivity contribution in [2.24, 2.45) is 0 Å². The Morgan fingerprint density at radius 3 is 2.39 bits per heavy atom. The second-order valence-electron chi connectivity index (χ2n) is 8.86. The van der Waals surface area contributed by atoms with Crippen LogP contribution in [0.2, 0.25) is 0 Å². The molecule has 0 fully saturated rings. The summed E-state index contributed by atoms with van der Waals surface area (Å²) in [5.74, 6) is 1.32. The number of anilines is 2. The van der Waals surface area contributed by atoms with Crippen molar-refractivity contribution < 1.29 is 19.2 Å². The van der Waals surface area contributed by atoms with Crippen LogP contribution in [-0.4, -0.2) is 24.4 Å². The number of hydrogen-bond donors (Lipinski definition) is 2. The van der Waals surface area contributed by atoms with Gasteiger partial charge in [-0.15, -0.1) is 0 Å². The molecule has 5 rings (SSSR count). The van der Waals surface area contributed by atoms with Crippen LogP contribution in [0.4, 0.5) is 17.1 Å². The first-order valence-corrected chi connectivity index (χ1v) is 11.9. The number of non-ortho nitro benzene ring substituents is 1. The van der Waals surface area contributed by atoms with Crippen LogP contribution in [0.1, 0.15) is 42.9 Å². The highest BCUT2D eigenvalue weighted by atomic mass is 16.6. The summed E-state index contributed by atoms with van der Waals surface area (Å²) in [6.45, 7) is 2.46. The number of nitrogens with one attached hydrogen (secondary N) is 2. The van der Waals surface area contributed by atoms with Crippen molar-refractivity contribution in [2.45, 2.75) is 31.7 Å². The third-order valence-corrected chi connectivity index (χ3v) is 6.71. The van der Waals surface area contributed by atoms with E-state index in [1.807, 2.05) is 49.4 Å². The molecule has 0 unspecified atom stereocenters. The Hall–Kier alpha value is -4.33. The number of ketones is 1. The lowest BCUT2D eigenvalue weighted by Gasteiger charge is -2.30. The highest BCUT2D eigenvalue weighted by molar-refractivity contribution is 6.01. The third-order valence-electron chi connectivity index (χ3n) is 6.71. The molecule has 0 amide bonds. The lowest BCUT2D eigenvalue weighted by molar-refractivity contribution is -0.384. The van der Waals surface area contributed by atoms with Gasteiger partial charge in [0.1, 0.15) is 0 Å². The maximum Gasteiger partial charge on any atom is 0.269 e. The monoisotopic (exact) mass is 485 g/mol. The van der Waals surface area contributed by atoms with Crippen molar-refractivity contribution in [3.05, 3.63) is 99.2 Å². The lowest BCUT2D eigenvalue weighted by atomic mass is 9.78. The molecule has 8 nitrogen and oxygen atoms in total. The summed E-state index contributed by atoms with van der Waals surface area (Å²) in [4.78, 5) is 24.4. The number of ether oxygens (including phenoxy) is 2. The standard InChI is InChI=1S/C28H27N3O5/c1-3-36-25-13-10-18(16-26(25)35-2)19-14-23-27(24(32)15-19)28(17-8-11-20(12-9-17)31(33)34)30-22-7-5-4-6-21(22)29-23/h4-13,16,19,28-30H,3,14-15H2,1-2H3/t19-,28-/m1/s1. The zero-order valence-corrected chi connectivity index (χ0v) is 20.1. The molecule has 3 aromatic rings. The molecule has 3 aromatic carbocycles. The number of fused-ring (bicyclic) bond motifs is 1. The molecule has 1 aliphatic carbocycles. The third kappa shape index (κ3) is 4.37. The number of hydrogen-bond acceptors (Lipinski definition) is 7. The van der Waals surface area contributed by atoms with Gasteiger partial charge in [-0.25, -0.2) is 0 Å². The molecule has 0 spiro atoms. The van der Waals surface area contributed by atoms with Crippen LogP contribution in [0.15, 0.2) is 78.0 Å². The summed E-state index contributed by atoms with van der Waals surface area (Å²) >= 11 is 0. The zero-order valence-electron chi connectivity index (χ0n) is 20.1. The van der Waals surface area contributed by atoms with E-state index in [1.54, 1.807) is 19.2 Å². The molecule has 184 valence electrons. The van der Waals surface area contributed by atoms with Crippen molar-refractivity contribution in [2.75, 3.05) is 24.4 Å². The number of nitro groups is 1. The number of methoxy groups -OCH3 is 1. The smallest absolute Gasteiger partial charge is 0.269 e. The number of Topliss-reactive ketones (excluding diaryl/α,β-unsaturated/α-hetero) is 1. The molecule has 2 atom stereocenters. The van der Waals surface area contributed by atoms with E-state index in [4.69, 9.17) is 9.47 Å². The Morgan fingerprint density at radius 2 is 1.69 bits per heavy atom. The zero-order chi connectivity index (χ0) is 25.2. The SMILES string of the molecule is CCOc1ccc([C@H]2CC(=O)C3=C(C2)Nc2ccccc2N[C@@H]3c2ccc([N+](=O)[O-])cc2)cc1OC. The fraction of sp³-hybridized carbons (Fsp3) is 0.250. The van der Waals surface area contributed by atoms with E-state index < -0.39 is 11.0 Å². The van der Waals surface area contributed by atoms with Gasteiger partial charge in [-0.1, -0.05) is 18.2 Å². The van der Waals surface area contributed by atoms with E-state index >= 15 is 0 Å². The number of allylic oxidation sites excluding steroid dienone is 1. The predicted octanol–water partition coefficient (Wildman–Crippen LogP) is 5.98. The van der Waals surface area contributed by atoms with Gasteiger partial charge in [0.05, 0.1) is 36.1 Å². The number of nitro benzene ring substituents is 1. The average molecular weight is 486 g/mol. The number of nitrogens with zero attached hydrogens (tertiary/aromatic N) is 1. The van der Waals surface area contributed by atoms with Gasteiger partial charge in [0.2, 0.25) is 0 Å². The molecule has 1 heterocycles. The highest BCUT2D eigenvalue weighted by Crippen LogP contribution is 2.45. The summed E-state index contributed by atoms with van der Waals surface area (Å²) < 4.78 is 11.2. The van der Waals surface area contributed by atoms with Gasteiger partial charge in [0.25, 0.3) is 5.69 Å². The molecule has 0 aromatic heterocycles. The predicted molar refractivity (Wildman–Crippen MR) is 138 cm³/mol. The molecule has 0 saturated carbocycles. The van der Waals surface area contributed by atoms with Gasteiger partial charge < -0.3 is 20.1 Å². The molecular formula is C28H27N3O5. The van der Waals surface area contributed by atoms with Crippen LogP contribution in [-0.2, 0) is 4.79 Å². The summed E-state index contributed by atoms with van der Waals surface area (Å²) in [5.41, 5.74) is 5.07. The van der Waals surface area contributed by atoms with Crippen LogP contribution in [0, 0.1) is 10.1 Å². The van der Waals surface area contributed by atoms with E-state index in [0.717, 1.165) is 28.2 Å². The number of benzene rings is 3. The minimum atomic E-state index is -0.430. The Labute approximate surface area is 209 Å². The Kier molecular flexibility index (Phi) is 6.33. The van der Waals surface area contributed by atoms with Gasteiger partial charge in [-0.05, 0) is 66.8 Å². The molecule has 1 aliphatic heterocycles. The first-order valence-electron chi connectivity index (χ1n) is 11.9. The van der Waals surface area contributed by atoms with E-state index in [-0.39, 0.29) is 17.4 Å². The number of carbonyl (C=O) groups is 1. The summed E-state index contributed by atoms with van der Waals surface area (Å²) in [6.07, 6.45) is 0.983. The Bertz CT molecular complexity index is 1350. The Morgan fingerprint density at radius 1 is 0.972 bits per heavy atom. The average Bonchev–Trinajstić information content (AvgIpc) is 3.06. The van der Waals surface area contributed by atoms with Crippen LogP contribution in [0.5, 0.6) is 11.5 Å². The quantitative estimate of drug-likeness (QED) is 0.327. The topological polar surface area (TPSA) is 103 Å². The summed E-state index contributed by atoms with van der Waals surface area (Å²) in [7, 11) is 1.61. The number of rotatable bonds is 6. The first-order chi connectivity index (χ1) is 17.5. The van der Waals surface area contributed by atoms with Crippen LogP contribution in [0.25, 0.3) is 0 Å². The van der Waals surface area contributed by atoms with E-state index in [9.17, 15) is 14.9 Å². The van der Waals surface area contributed by atoms with E-state index in [2.05, 4.69) is 10.6 Å². The lowest BCUT2D eigenvalue weighted by Crippen LogP contribution is -2.26. The minimum absolute atomic E-state index is 0.0135. The van der Waals surface area contributed by atoms with Crippen molar-refractivity contribution in [1.29, 1.82) is 0 Å². The maximum absolute atomic E-state index is 13.7. The van der Waals surface area contributed by atoms with Crippen LogP contribution in [0.3, 0.4) is 0 Å². The van der Waals surface area contributed by atoms with Gasteiger partial charge >= 0.3 is 0 Å². The second-order valence-corrected chi connectivity index (χ2v) is 8.86. The summed E-state index contributed by atoms with van der Waals surface area (Å²) in [5, 5.41) is 18.2. The molecule has 2 N–H and O–H groups in total. The van der Waals surface area contributed by atoms with E-state index in [0.29, 0.717) is 36.5 Å². The maximum atomic E-state index is 13.7. The number of carbonyl (C=O) groups excluding carboxylic acids is 1. The fourth-order valence-electron chi connectivity index (χ4n) is 4.98. The largest absolute Gasteiger partial charge is 0.493 e. The van der Waals surface area contributed by atoms with Gasteiger partial charge in [-0.2, -0.15) is 0 Å². The molecule has 36 heavy (non-hydrogen) atoms. The van der Waals surface area contributed by atoms with Crippen molar-refractivity contribution in [3.8, 4) is 11.5 Å². The van der Waals surface area contributed by atoms with Crippen LogP contribution >= 0.6 is 0 Å². The van der Waals surface area contributed by atoms with Gasteiger partial charge in [0.15, 0.2) is 17.3 Å². The highest BCUT2D eigenvalue weighted by Gasteiger charge is 2.36. The molecule has 0 radical (unpaired) electrons. The van der Waals surface area contributed by atoms with Crippen molar-refractivity contribution in [1.82, 2.24) is 0 Å². The summed E-state index contributed by atoms with van der Waals surface area (Å²) in [6, 6.07) is 19.6. The normalized spacial score (nSPS) is 18.8. The van der Waals surface area contributed by atoms with Crippen molar-refractivity contribution >= 4 is 22.8 Å². The van der Waals surface area contributed by atoms with Crippen LogP contribution < -0.4 is 20.1 Å². The second kappa shape index (κ2) is 9.73. The number of para-hydroxylation sites is 2. The molecule has 2 aliphatic rings. The molecule has 0 saturated heterocycles. The Balaban J connectivity index is 1.55. The molecule has 0 bridgehead atoms.